The maximum absolute atomic E-state index is 12.1. The number of hydrogen-bond acceptors (Lipinski definition) is 2. The molecule has 0 amide bonds. The van der Waals surface area contributed by atoms with Crippen LogP contribution in [0, 0.1) is 0 Å². The Morgan fingerprint density at radius 3 is 2.41 bits per heavy atom. The molecule has 0 aliphatic rings. The third kappa shape index (κ3) is 4.37. The van der Waals surface area contributed by atoms with Gasteiger partial charge in [-0.15, -0.1) is 13.2 Å². The van der Waals surface area contributed by atoms with Gasteiger partial charge in [0.25, 0.3) is 0 Å². The second kappa shape index (κ2) is 5.46. The highest BCUT2D eigenvalue weighted by molar-refractivity contribution is 9.10. The second-order valence-electron chi connectivity index (χ2n) is 2.85. The summed E-state index contributed by atoms with van der Waals surface area (Å²) in [5.74, 6) is -1.51. The van der Waals surface area contributed by atoms with Crippen LogP contribution in [0.5, 0.6) is 5.75 Å². The molecule has 17 heavy (non-hydrogen) atoms. The molecule has 94 valence electrons. The van der Waals surface area contributed by atoms with Gasteiger partial charge >= 0.3 is 6.36 Å². The van der Waals surface area contributed by atoms with Crippen LogP contribution in [0.15, 0.2) is 22.7 Å². The molecule has 0 radical (unpaired) electrons. The van der Waals surface area contributed by atoms with E-state index in [4.69, 9.17) is 23.2 Å². The molecule has 8 heteroatoms. The van der Waals surface area contributed by atoms with Gasteiger partial charge in [0.2, 0.25) is 0 Å². The number of ether oxygens (including phenoxy) is 1. The third-order valence-electron chi connectivity index (χ3n) is 1.63. The fourth-order valence-electron chi connectivity index (χ4n) is 1.03. The van der Waals surface area contributed by atoms with Crippen molar-refractivity contribution < 1.29 is 22.7 Å². The van der Waals surface area contributed by atoms with Gasteiger partial charge in [-0.3, -0.25) is 4.79 Å². The molecule has 0 N–H and O–H groups in total. The van der Waals surface area contributed by atoms with E-state index in [0.29, 0.717) is 4.47 Å². The first-order valence-corrected chi connectivity index (χ1v) is 5.75. The van der Waals surface area contributed by atoms with Crippen LogP contribution in [-0.2, 0) is 0 Å². The first-order valence-electron chi connectivity index (χ1n) is 4.08. The van der Waals surface area contributed by atoms with E-state index in [0.717, 1.165) is 12.1 Å². The van der Waals surface area contributed by atoms with Crippen molar-refractivity contribution in [2.24, 2.45) is 0 Å². The van der Waals surface area contributed by atoms with Crippen molar-refractivity contribution in [1.82, 2.24) is 0 Å². The first kappa shape index (κ1) is 14.6. The quantitative estimate of drug-likeness (QED) is 0.598. The van der Waals surface area contributed by atoms with Crippen LogP contribution in [0.1, 0.15) is 10.4 Å². The zero-order valence-corrected chi connectivity index (χ0v) is 11.0. The summed E-state index contributed by atoms with van der Waals surface area (Å²) in [4.78, 5) is 9.98. The minimum Gasteiger partial charge on any atom is -0.405 e. The number of carbonyl (C=O) groups excluding carboxylic acids is 1. The van der Waals surface area contributed by atoms with Crippen LogP contribution in [0.2, 0.25) is 0 Å². The van der Waals surface area contributed by atoms with Gasteiger partial charge in [-0.1, -0.05) is 39.1 Å². The molecule has 0 fully saturated rings. The van der Waals surface area contributed by atoms with Crippen molar-refractivity contribution in [2.45, 2.75) is 11.2 Å². The summed E-state index contributed by atoms with van der Waals surface area (Å²) in [6.07, 6.45) is -4.90. The van der Waals surface area contributed by atoms with E-state index < -0.39 is 22.7 Å². The van der Waals surface area contributed by atoms with Crippen molar-refractivity contribution in [3.05, 3.63) is 28.2 Å². The van der Waals surface area contributed by atoms with E-state index >= 15 is 0 Å². The molecule has 0 spiro atoms. The van der Waals surface area contributed by atoms with E-state index in [9.17, 15) is 18.0 Å². The molecular weight excluding hydrogens is 348 g/mol. The molecule has 0 bridgehead atoms. The van der Waals surface area contributed by atoms with Gasteiger partial charge in [0.1, 0.15) is 5.75 Å². The van der Waals surface area contributed by atoms with Crippen molar-refractivity contribution in [3.8, 4) is 5.75 Å². The van der Waals surface area contributed by atoms with Crippen molar-refractivity contribution in [3.63, 3.8) is 0 Å². The fraction of sp³-hybridized carbons (Fsp3) is 0.222. The van der Waals surface area contributed by atoms with Crippen LogP contribution < -0.4 is 4.74 Å². The topological polar surface area (TPSA) is 26.3 Å². The maximum Gasteiger partial charge on any atom is 0.573 e. The number of rotatable bonds is 3. The fourth-order valence-corrected chi connectivity index (χ4v) is 1.60. The molecule has 0 aliphatic heterocycles. The Balaban J connectivity index is 3.17. The van der Waals surface area contributed by atoms with Crippen molar-refractivity contribution in [2.75, 3.05) is 0 Å². The summed E-state index contributed by atoms with van der Waals surface area (Å²) >= 11 is 13.6. The molecule has 1 aromatic carbocycles. The second-order valence-corrected chi connectivity index (χ2v) is 4.87. The summed E-state index contributed by atoms with van der Waals surface area (Å²) in [7, 11) is 0. The number of Topliss-reactive ketones (excluding diaryl/α,β-unsaturated/α-hetero) is 1. The van der Waals surface area contributed by atoms with Gasteiger partial charge < -0.3 is 4.74 Å². The lowest BCUT2D eigenvalue weighted by Crippen LogP contribution is -2.20. The van der Waals surface area contributed by atoms with Gasteiger partial charge in [-0.2, -0.15) is 0 Å². The molecule has 0 aromatic heterocycles. The Bertz CT molecular complexity index is 435. The average Bonchev–Trinajstić information content (AvgIpc) is 2.14. The van der Waals surface area contributed by atoms with Crippen LogP contribution in [0.3, 0.4) is 0 Å². The zero-order chi connectivity index (χ0) is 13.2. The molecule has 0 saturated heterocycles. The summed E-state index contributed by atoms with van der Waals surface area (Å²) < 4.78 is 40.4. The number of halogens is 6. The van der Waals surface area contributed by atoms with Gasteiger partial charge in [-0.25, -0.2) is 0 Å². The Labute approximate surface area is 113 Å². The number of carbonyl (C=O) groups is 1. The van der Waals surface area contributed by atoms with Crippen molar-refractivity contribution in [1.29, 1.82) is 0 Å². The highest BCUT2D eigenvalue weighted by Gasteiger charge is 2.33. The number of benzene rings is 1. The molecule has 0 unspecified atom stereocenters. The van der Waals surface area contributed by atoms with E-state index in [2.05, 4.69) is 20.7 Å². The van der Waals surface area contributed by atoms with Crippen LogP contribution >= 0.6 is 39.1 Å². The average molecular weight is 352 g/mol. The SMILES string of the molecule is O=C(c1ccc(Br)cc1OC(F)(F)F)C(Cl)Cl. The summed E-state index contributed by atoms with van der Waals surface area (Å²) in [6.45, 7) is 0. The maximum atomic E-state index is 12.1. The Kier molecular flexibility index (Phi) is 4.69. The lowest BCUT2D eigenvalue weighted by Gasteiger charge is -2.13. The van der Waals surface area contributed by atoms with E-state index in [1.54, 1.807) is 0 Å². The molecule has 0 aliphatic carbocycles. The van der Waals surface area contributed by atoms with E-state index in [1.807, 2.05) is 0 Å². The standard InChI is InChI=1S/C9H4BrCl2F3O2/c10-4-1-2-5(7(16)8(11)12)6(3-4)17-9(13,14)15/h1-3,8H. The minimum absolute atomic E-state index is 0.328. The summed E-state index contributed by atoms with van der Waals surface area (Å²) in [6, 6.07) is 3.54. The summed E-state index contributed by atoms with van der Waals surface area (Å²) in [5.41, 5.74) is -0.333. The number of ketones is 1. The van der Waals surface area contributed by atoms with Crippen molar-refractivity contribution >= 4 is 44.9 Å². The predicted octanol–water partition coefficient (Wildman–Crippen LogP) is 4.33. The van der Waals surface area contributed by atoms with Crippen LogP contribution in [0.4, 0.5) is 13.2 Å². The zero-order valence-electron chi connectivity index (χ0n) is 7.89. The van der Waals surface area contributed by atoms with Gasteiger partial charge in [-0.05, 0) is 18.2 Å². The Morgan fingerprint density at radius 2 is 1.94 bits per heavy atom. The molecular formula is C9H4BrCl2F3O2. The minimum atomic E-state index is -4.90. The molecule has 0 saturated carbocycles. The summed E-state index contributed by atoms with van der Waals surface area (Å²) in [5, 5.41) is 0. The highest BCUT2D eigenvalue weighted by Crippen LogP contribution is 2.31. The molecule has 1 rings (SSSR count). The van der Waals surface area contributed by atoms with Crippen LogP contribution in [-0.4, -0.2) is 17.0 Å². The van der Waals surface area contributed by atoms with Gasteiger partial charge in [0.05, 0.1) is 5.56 Å². The Hall–Kier alpha value is -0.460. The monoisotopic (exact) mass is 350 g/mol. The molecule has 0 atom stereocenters. The highest BCUT2D eigenvalue weighted by atomic mass is 79.9. The molecule has 1 aromatic rings. The smallest absolute Gasteiger partial charge is 0.405 e. The number of hydrogen-bond donors (Lipinski definition) is 0. The first-order chi connectivity index (χ1) is 7.70. The van der Waals surface area contributed by atoms with Gasteiger partial charge in [0.15, 0.2) is 10.6 Å². The predicted molar refractivity (Wildman–Crippen MR) is 60.6 cm³/mol. The lowest BCUT2D eigenvalue weighted by molar-refractivity contribution is -0.274. The Morgan fingerprint density at radius 1 is 1.35 bits per heavy atom. The number of alkyl halides is 5. The van der Waals surface area contributed by atoms with E-state index in [-0.39, 0.29) is 5.56 Å². The van der Waals surface area contributed by atoms with Gasteiger partial charge in [0, 0.05) is 4.47 Å². The lowest BCUT2D eigenvalue weighted by atomic mass is 10.1. The van der Waals surface area contributed by atoms with E-state index in [1.165, 1.54) is 6.07 Å². The van der Waals surface area contributed by atoms with Crippen LogP contribution in [0.25, 0.3) is 0 Å². The molecule has 0 heterocycles. The third-order valence-corrected chi connectivity index (χ3v) is 2.52. The largest absolute Gasteiger partial charge is 0.573 e. The molecule has 2 nitrogen and oxygen atoms in total. The normalized spacial score (nSPS) is 11.7.